The Hall–Kier alpha value is -1.36. The van der Waals surface area contributed by atoms with E-state index in [9.17, 15) is 9.90 Å². The highest BCUT2D eigenvalue weighted by molar-refractivity contribution is 14.1. The lowest BCUT2D eigenvalue weighted by molar-refractivity contribution is -0.254. The van der Waals surface area contributed by atoms with Gasteiger partial charge in [-0.15, -0.1) is 0 Å². The molecule has 3 heteroatoms. The molecule has 1 aliphatic rings. The molecular weight excluding hydrogens is 327 g/mol. The second-order valence-electron chi connectivity index (χ2n) is 4.11. The molecule has 0 atom stereocenters. The molecule has 1 aliphatic carbocycles. The predicted octanol–water partition coefficient (Wildman–Crippen LogP) is 2.23. The maximum atomic E-state index is 11.1. The molecule has 0 saturated heterocycles. The lowest BCUT2D eigenvalue weighted by atomic mass is 10.00. The number of aromatic carboxylic acids is 1. The zero-order chi connectivity index (χ0) is 12.0. The molecule has 0 N–H and O–H groups in total. The molecular formula is C14H8IO2-. The minimum absolute atomic E-state index is 0.294. The minimum Gasteiger partial charge on any atom is -0.545 e. The van der Waals surface area contributed by atoms with Crippen LogP contribution in [0.4, 0.5) is 0 Å². The highest BCUT2D eigenvalue weighted by Gasteiger charge is 2.21. The first-order valence-corrected chi connectivity index (χ1v) is 6.37. The number of hydrogen-bond acceptors (Lipinski definition) is 2. The van der Waals surface area contributed by atoms with E-state index in [2.05, 4.69) is 28.7 Å². The van der Waals surface area contributed by atoms with E-state index in [1.54, 1.807) is 12.1 Å². The van der Waals surface area contributed by atoms with E-state index in [4.69, 9.17) is 0 Å². The summed E-state index contributed by atoms with van der Waals surface area (Å²) in [5.74, 6) is -1.10. The largest absolute Gasteiger partial charge is 0.545 e. The molecule has 84 valence electrons. The second-order valence-corrected chi connectivity index (χ2v) is 5.35. The van der Waals surface area contributed by atoms with Gasteiger partial charge in [-0.2, -0.15) is 0 Å². The zero-order valence-electron chi connectivity index (χ0n) is 8.87. The van der Waals surface area contributed by atoms with Gasteiger partial charge in [-0.1, -0.05) is 24.3 Å². The Morgan fingerprint density at radius 2 is 2.00 bits per heavy atom. The van der Waals surface area contributed by atoms with Gasteiger partial charge in [0.2, 0.25) is 0 Å². The van der Waals surface area contributed by atoms with Gasteiger partial charge in [-0.3, -0.25) is 0 Å². The summed E-state index contributed by atoms with van der Waals surface area (Å²) in [5.41, 5.74) is 4.42. The molecule has 0 spiro atoms. The van der Waals surface area contributed by atoms with Gasteiger partial charge in [0.1, 0.15) is 0 Å². The third-order valence-electron chi connectivity index (χ3n) is 3.09. The number of benzene rings is 2. The van der Waals surface area contributed by atoms with Gasteiger partial charge >= 0.3 is 0 Å². The second kappa shape index (κ2) is 3.84. The fourth-order valence-corrected chi connectivity index (χ4v) is 2.95. The standard InChI is InChI=1S/C14H9IO2/c15-10-4-5-11-9(7-10)6-8-2-1-3-12(13(8)11)14(16)17/h1-5,7H,6H2,(H,16,17)/p-1. The molecule has 0 bridgehead atoms. The smallest absolute Gasteiger partial charge is 0.0721 e. The number of halogens is 1. The predicted molar refractivity (Wildman–Crippen MR) is 71.7 cm³/mol. The molecule has 0 radical (unpaired) electrons. The molecule has 2 aromatic rings. The average molecular weight is 335 g/mol. The third-order valence-corrected chi connectivity index (χ3v) is 3.76. The zero-order valence-corrected chi connectivity index (χ0v) is 11.0. The van der Waals surface area contributed by atoms with E-state index >= 15 is 0 Å². The lowest BCUT2D eigenvalue weighted by Crippen LogP contribution is -2.23. The van der Waals surface area contributed by atoms with Crippen molar-refractivity contribution in [1.82, 2.24) is 0 Å². The van der Waals surface area contributed by atoms with Crippen molar-refractivity contribution in [3.8, 4) is 11.1 Å². The van der Waals surface area contributed by atoms with Crippen molar-refractivity contribution < 1.29 is 9.90 Å². The van der Waals surface area contributed by atoms with Crippen molar-refractivity contribution in [3.63, 3.8) is 0 Å². The molecule has 0 aliphatic heterocycles. The maximum Gasteiger partial charge on any atom is 0.0721 e. The van der Waals surface area contributed by atoms with Crippen molar-refractivity contribution in [2.24, 2.45) is 0 Å². The Morgan fingerprint density at radius 3 is 2.76 bits per heavy atom. The summed E-state index contributed by atoms with van der Waals surface area (Å²) in [6.45, 7) is 0. The van der Waals surface area contributed by atoms with Crippen LogP contribution in [0.25, 0.3) is 11.1 Å². The van der Waals surface area contributed by atoms with E-state index in [0.717, 1.165) is 23.1 Å². The monoisotopic (exact) mass is 335 g/mol. The Kier molecular flexibility index (Phi) is 2.43. The quantitative estimate of drug-likeness (QED) is 0.640. The van der Waals surface area contributed by atoms with Crippen LogP contribution in [0.2, 0.25) is 0 Å². The molecule has 2 aromatic carbocycles. The summed E-state index contributed by atoms with van der Waals surface area (Å²) in [6, 6.07) is 11.5. The highest BCUT2D eigenvalue weighted by atomic mass is 127. The van der Waals surface area contributed by atoms with Crippen LogP contribution in [-0.4, -0.2) is 5.97 Å². The Labute approximate surface area is 112 Å². The number of fused-ring (bicyclic) bond motifs is 3. The fraction of sp³-hybridized carbons (Fsp3) is 0.0714. The maximum absolute atomic E-state index is 11.1. The fourth-order valence-electron chi connectivity index (χ4n) is 2.39. The Bertz CT molecular complexity index is 632. The summed E-state index contributed by atoms with van der Waals surface area (Å²) in [5, 5.41) is 11.1. The number of rotatable bonds is 1. The van der Waals surface area contributed by atoms with E-state index in [0.29, 0.717) is 5.56 Å². The van der Waals surface area contributed by atoms with E-state index in [-0.39, 0.29) is 0 Å². The summed E-state index contributed by atoms with van der Waals surface area (Å²) in [7, 11) is 0. The number of carbonyl (C=O) groups excluding carboxylic acids is 1. The first-order chi connectivity index (χ1) is 8.16. The van der Waals surface area contributed by atoms with Crippen LogP contribution in [0.3, 0.4) is 0 Å². The Balaban J connectivity index is 2.30. The number of carboxylic acid groups (broad SMARTS) is 1. The van der Waals surface area contributed by atoms with E-state index in [1.807, 2.05) is 18.2 Å². The van der Waals surface area contributed by atoms with E-state index in [1.165, 1.54) is 9.13 Å². The molecule has 17 heavy (non-hydrogen) atoms. The normalized spacial score (nSPS) is 12.1. The summed E-state index contributed by atoms with van der Waals surface area (Å²) in [6.07, 6.45) is 0.808. The molecule has 0 aromatic heterocycles. The topological polar surface area (TPSA) is 40.1 Å². The van der Waals surface area contributed by atoms with Gasteiger partial charge < -0.3 is 9.90 Å². The van der Waals surface area contributed by atoms with Gasteiger partial charge in [0.25, 0.3) is 0 Å². The molecule has 0 amide bonds. The highest BCUT2D eigenvalue weighted by Crippen LogP contribution is 2.39. The van der Waals surface area contributed by atoms with Crippen LogP contribution >= 0.6 is 22.6 Å². The van der Waals surface area contributed by atoms with Crippen molar-refractivity contribution in [1.29, 1.82) is 0 Å². The van der Waals surface area contributed by atoms with Crippen molar-refractivity contribution in [3.05, 3.63) is 56.7 Å². The SMILES string of the molecule is O=C([O-])c1cccc2c1-c1ccc(I)cc1C2. The van der Waals surface area contributed by atoms with E-state index < -0.39 is 5.97 Å². The van der Waals surface area contributed by atoms with Crippen molar-refractivity contribution >= 4 is 28.6 Å². The summed E-state index contributed by atoms with van der Waals surface area (Å²) >= 11 is 2.27. The van der Waals surface area contributed by atoms with Crippen LogP contribution < -0.4 is 5.11 Å². The number of hydrogen-bond donors (Lipinski definition) is 0. The van der Waals surface area contributed by atoms with Crippen molar-refractivity contribution in [2.75, 3.05) is 0 Å². The van der Waals surface area contributed by atoms with Crippen LogP contribution in [0.15, 0.2) is 36.4 Å². The van der Waals surface area contributed by atoms with Crippen molar-refractivity contribution in [2.45, 2.75) is 6.42 Å². The van der Waals surface area contributed by atoms with Crippen LogP contribution in [0, 0.1) is 3.57 Å². The van der Waals surface area contributed by atoms with Gasteiger partial charge in [-0.05, 0) is 63.4 Å². The molecule has 0 fully saturated rings. The molecule has 2 nitrogen and oxygen atoms in total. The molecule has 0 unspecified atom stereocenters. The van der Waals surface area contributed by atoms with Gasteiger partial charge in [0.15, 0.2) is 0 Å². The summed E-state index contributed by atoms with van der Waals surface area (Å²) in [4.78, 5) is 11.1. The average Bonchev–Trinajstić information content (AvgIpc) is 2.65. The molecule has 0 saturated carbocycles. The minimum atomic E-state index is -1.10. The van der Waals surface area contributed by atoms with Crippen LogP contribution in [0.5, 0.6) is 0 Å². The molecule has 3 rings (SSSR count). The molecule has 0 heterocycles. The lowest BCUT2D eigenvalue weighted by Gasteiger charge is -2.10. The van der Waals surface area contributed by atoms with Crippen LogP contribution in [0.1, 0.15) is 21.5 Å². The van der Waals surface area contributed by atoms with Gasteiger partial charge in [-0.25, -0.2) is 0 Å². The first kappa shape index (κ1) is 10.8. The first-order valence-electron chi connectivity index (χ1n) is 5.29. The number of carbonyl (C=O) groups is 1. The Morgan fingerprint density at radius 1 is 1.18 bits per heavy atom. The summed E-state index contributed by atoms with van der Waals surface area (Å²) < 4.78 is 1.17. The van der Waals surface area contributed by atoms with Crippen LogP contribution in [-0.2, 0) is 6.42 Å². The van der Waals surface area contributed by atoms with Gasteiger partial charge in [0.05, 0.1) is 5.97 Å². The van der Waals surface area contributed by atoms with Gasteiger partial charge in [0, 0.05) is 9.13 Å². The third kappa shape index (κ3) is 1.65. The number of carboxylic acids is 1.